The molecule has 2 rings (SSSR count). The van der Waals surface area contributed by atoms with Gasteiger partial charge in [0.15, 0.2) is 9.79 Å². The largest absolute Gasteiger partial charge is 0.392 e. The maximum Gasteiger partial charge on any atom is 0.392 e. The monoisotopic (exact) mass is 349 g/mol. The van der Waals surface area contributed by atoms with Crippen LogP contribution in [-0.4, -0.2) is 29.9 Å². The summed E-state index contributed by atoms with van der Waals surface area (Å²) in [7, 11) is -5.44. The second kappa shape index (κ2) is 8.23. The molecule has 0 aliphatic carbocycles. The number of rotatable bonds is 4. The molecule has 0 heterocycles. The first kappa shape index (κ1) is 18.6. The number of alkyl halides is 2. The van der Waals surface area contributed by atoms with Crippen molar-refractivity contribution in [3.05, 3.63) is 60.7 Å². The van der Waals surface area contributed by atoms with E-state index in [0.717, 1.165) is 0 Å². The van der Waals surface area contributed by atoms with Crippen LogP contribution < -0.4 is 0 Å². The van der Waals surface area contributed by atoms with E-state index in [4.69, 9.17) is 9.66 Å². The number of aliphatic hydroxyl groups is 1. The molecule has 0 spiro atoms. The van der Waals surface area contributed by atoms with Crippen molar-refractivity contribution in [1.82, 2.24) is 0 Å². The van der Waals surface area contributed by atoms with Gasteiger partial charge in [0.1, 0.15) is 6.61 Å². The van der Waals surface area contributed by atoms with Crippen molar-refractivity contribution in [3.63, 3.8) is 0 Å². The van der Waals surface area contributed by atoms with Crippen LogP contribution in [0.15, 0.2) is 70.5 Å². The minimum Gasteiger partial charge on any atom is -0.389 e. The fourth-order valence-corrected chi connectivity index (χ4v) is 2.34. The molecule has 0 aliphatic heterocycles. The highest BCUT2D eigenvalue weighted by Gasteiger charge is 2.43. The van der Waals surface area contributed by atoms with Crippen LogP contribution in [0.25, 0.3) is 0 Å². The lowest BCUT2D eigenvalue weighted by molar-refractivity contribution is 0.0187. The van der Waals surface area contributed by atoms with Gasteiger partial charge < -0.3 is 5.11 Å². The summed E-state index contributed by atoms with van der Waals surface area (Å²) in [6.07, 6.45) is 0. The van der Waals surface area contributed by atoms with E-state index in [2.05, 4.69) is 48.5 Å². The van der Waals surface area contributed by atoms with E-state index in [-0.39, 0.29) is 0 Å². The van der Waals surface area contributed by atoms with Crippen LogP contribution in [0.4, 0.5) is 8.78 Å². The Bertz CT molecular complexity index is 624. The molecule has 0 atom stereocenters. The third-order valence-corrected chi connectivity index (χ3v) is 4.33. The Morgan fingerprint density at radius 1 is 0.909 bits per heavy atom. The van der Waals surface area contributed by atoms with E-state index in [1.165, 1.54) is 21.6 Å². The molecule has 8 heteroatoms. The maximum atomic E-state index is 11.6. The third-order valence-electron chi connectivity index (χ3n) is 2.33. The first-order chi connectivity index (χ1) is 10.3. The Labute approximate surface area is 131 Å². The number of thiol groups is 1. The highest BCUT2D eigenvalue weighted by Crippen LogP contribution is 2.18. The molecule has 0 aliphatic rings. The van der Waals surface area contributed by atoms with E-state index >= 15 is 0 Å². The van der Waals surface area contributed by atoms with Crippen LogP contribution in [0, 0.1) is 0 Å². The molecule has 0 unspecified atom stereocenters. The number of benzene rings is 2. The third kappa shape index (κ3) is 6.10. The van der Waals surface area contributed by atoms with Gasteiger partial charge in [0, 0.05) is 11.8 Å². The molecule has 2 aromatic carbocycles. The molecule has 0 saturated heterocycles. The van der Waals surface area contributed by atoms with Crippen LogP contribution in [0.1, 0.15) is 0 Å². The van der Waals surface area contributed by atoms with Crippen LogP contribution in [0.5, 0.6) is 0 Å². The molecule has 0 radical (unpaired) electrons. The Morgan fingerprint density at radius 2 is 1.27 bits per heavy atom. The average molecular weight is 349 g/mol. The first-order valence-electron chi connectivity index (χ1n) is 6.04. The number of hydrogen-bond acceptors (Lipinski definition) is 3. The summed E-state index contributed by atoms with van der Waals surface area (Å²) in [5.41, 5.74) is 0. The second-order valence-electron chi connectivity index (χ2n) is 4.05. The molecule has 0 saturated carbocycles. The molecular weight excluding hydrogens is 334 g/mol. The predicted octanol–water partition coefficient (Wildman–Crippen LogP) is 2.38. The van der Waals surface area contributed by atoms with Gasteiger partial charge in [-0.1, -0.05) is 36.4 Å². The normalized spacial score (nSPS) is 11.5. The lowest BCUT2D eigenvalue weighted by Crippen LogP contribution is -2.31. The topological polar surface area (TPSA) is 74.6 Å². The first-order valence-corrected chi connectivity index (χ1v) is 8.37. The van der Waals surface area contributed by atoms with Crippen molar-refractivity contribution in [2.24, 2.45) is 0 Å². The molecular formula is C14H15F2O4S2+. The van der Waals surface area contributed by atoms with Crippen molar-refractivity contribution >= 4 is 21.9 Å². The van der Waals surface area contributed by atoms with Crippen molar-refractivity contribution in [3.8, 4) is 0 Å². The Balaban J connectivity index is 0.000000239. The summed E-state index contributed by atoms with van der Waals surface area (Å²) in [6, 6.07) is 21.0. The minimum atomic E-state index is -5.44. The lowest BCUT2D eigenvalue weighted by Gasteiger charge is -2.06. The Hall–Kier alpha value is -1.48. The molecule has 0 fully saturated rings. The quantitative estimate of drug-likeness (QED) is 0.505. The van der Waals surface area contributed by atoms with Gasteiger partial charge in [0.25, 0.3) is 0 Å². The fourth-order valence-electron chi connectivity index (χ4n) is 1.24. The molecule has 120 valence electrons. The zero-order valence-corrected chi connectivity index (χ0v) is 13.0. The van der Waals surface area contributed by atoms with E-state index in [1.807, 2.05) is 12.1 Å². The summed E-state index contributed by atoms with van der Waals surface area (Å²) in [5, 5.41) is 3.20. The summed E-state index contributed by atoms with van der Waals surface area (Å²) in [4.78, 5) is 2.68. The van der Waals surface area contributed by atoms with E-state index in [1.54, 1.807) is 0 Å². The van der Waals surface area contributed by atoms with E-state index in [0.29, 0.717) is 0 Å². The van der Waals surface area contributed by atoms with Gasteiger partial charge >= 0.3 is 15.4 Å². The van der Waals surface area contributed by atoms with Gasteiger partial charge in [-0.05, 0) is 24.3 Å². The molecule has 0 bridgehead atoms. The van der Waals surface area contributed by atoms with E-state index < -0.39 is 22.0 Å². The zero-order valence-electron chi connectivity index (χ0n) is 11.3. The highest BCUT2D eigenvalue weighted by molar-refractivity contribution is 7.86. The standard InChI is InChI=1S/C12H10S.C2H4F2O4S/c1-3-7-11(8-4-1)13-12-9-5-2-6-10-12;3-2(4,1-5)9(6,7)8/h1-10H;5H,1H2,(H,6,7,8)/p+1. The van der Waals surface area contributed by atoms with Crippen molar-refractivity contribution < 1.29 is 26.9 Å². The summed E-state index contributed by atoms with van der Waals surface area (Å²) in [5.74, 6) is 0. The summed E-state index contributed by atoms with van der Waals surface area (Å²) < 4.78 is 49.8. The Morgan fingerprint density at radius 3 is 1.50 bits per heavy atom. The minimum absolute atomic E-state index is 1.28. The number of hydrogen-bond donors (Lipinski definition) is 2. The van der Waals surface area contributed by atoms with Gasteiger partial charge in [-0.3, -0.25) is 4.55 Å². The van der Waals surface area contributed by atoms with Crippen LogP contribution >= 0.6 is 0 Å². The van der Waals surface area contributed by atoms with Crippen LogP contribution in [-0.2, 0) is 21.9 Å². The van der Waals surface area contributed by atoms with Gasteiger partial charge in [-0.2, -0.15) is 17.2 Å². The van der Waals surface area contributed by atoms with Gasteiger partial charge in [0.2, 0.25) is 0 Å². The second-order valence-corrected chi connectivity index (χ2v) is 6.86. The lowest BCUT2D eigenvalue weighted by atomic mass is 10.4. The van der Waals surface area contributed by atoms with Crippen molar-refractivity contribution in [2.45, 2.75) is 15.0 Å². The summed E-state index contributed by atoms with van der Waals surface area (Å²) >= 11 is 1.28. The highest BCUT2D eigenvalue weighted by atomic mass is 32.2. The maximum absolute atomic E-state index is 11.6. The SMILES string of the molecule is O=S(=O)(O)C(F)(F)CO.c1ccc([SH+]c2ccccc2)cc1. The molecule has 2 N–H and O–H groups in total. The Kier molecular flexibility index (Phi) is 6.95. The summed E-state index contributed by atoms with van der Waals surface area (Å²) in [6.45, 7) is -1.91. The van der Waals surface area contributed by atoms with Crippen LogP contribution in [0.2, 0.25) is 0 Å². The number of aliphatic hydroxyl groups excluding tert-OH is 1. The molecule has 0 aromatic heterocycles. The van der Waals surface area contributed by atoms with E-state index in [9.17, 15) is 17.2 Å². The smallest absolute Gasteiger partial charge is 0.389 e. The van der Waals surface area contributed by atoms with Crippen molar-refractivity contribution in [2.75, 3.05) is 6.61 Å². The molecule has 22 heavy (non-hydrogen) atoms. The molecule has 2 aromatic rings. The fraction of sp³-hybridized carbons (Fsp3) is 0.143. The van der Waals surface area contributed by atoms with Gasteiger partial charge in [-0.15, -0.1) is 0 Å². The zero-order chi connectivity index (χ0) is 16.6. The molecule has 0 amide bonds. The predicted molar refractivity (Wildman–Crippen MR) is 81.8 cm³/mol. The van der Waals surface area contributed by atoms with Crippen molar-refractivity contribution in [1.29, 1.82) is 0 Å². The average Bonchev–Trinajstić information content (AvgIpc) is 2.49. The van der Waals surface area contributed by atoms with Crippen LogP contribution in [0.3, 0.4) is 0 Å². The molecule has 4 nitrogen and oxygen atoms in total. The number of halogens is 2. The van der Waals surface area contributed by atoms with Gasteiger partial charge in [0.05, 0.1) is 0 Å². The van der Waals surface area contributed by atoms with Gasteiger partial charge in [-0.25, -0.2) is 0 Å².